The number of nitrogens with one attached hydrogen (secondary N) is 1. The third-order valence-corrected chi connectivity index (χ3v) is 3.48. The Bertz CT molecular complexity index is 855. The Morgan fingerprint density at radius 2 is 2.04 bits per heavy atom. The molecule has 2 heterocycles. The summed E-state index contributed by atoms with van der Waals surface area (Å²) in [7, 11) is 1.60. The summed E-state index contributed by atoms with van der Waals surface area (Å²) in [5.41, 5.74) is 1.17. The first-order valence-electron chi connectivity index (χ1n) is 6.60. The van der Waals surface area contributed by atoms with Gasteiger partial charge in [-0.05, 0) is 24.3 Å². The van der Waals surface area contributed by atoms with E-state index in [-0.39, 0.29) is 0 Å². The second-order valence-electron chi connectivity index (χ2n) is 4.53. The topological polar surface area (TPSA) is 93.6 Å². The number of benzene rings is 1. The number of nitrogens with zero attached hydrogens (tertiary/aromatic N) is 2. The average molecular weight is 331 g/mol. The van der Waals surface area contributed by atoms with Crippen molar-refractivity contribution in [3.63, 3.8) is 0 Å². The van der Waals surface area contributed by atoms with Gasteiger partial charge in [0.15, 0.2) is 0 Å². The summed E-state index contributed by atoms with van der Waals surface area (Å²) in [5, 5.41) is 0.828. The first-order valence-corrected chi connectivity index (χ1v) is 7.70. The smallest absolute Gasteiger partial charge is 0.259 e. The number of pyridine rings is 2. The van der Waals surface area contributed by atoms with Crippen molar-refractivity contribution < 1.29 is 18.2 Å². The van der Waals surface area contributed by atoms with Crippen molar-refractivity contribution >= 4 is 27.9 Å². The number of hydrogen-bond acceptors (Lipinski definition) is 5. The van der Waals surface area contributed by atoms with Crippen molar-refractivity contribution in [2.75, 3.05) is 11.8 Å². The van der Waals surface area contributed by atoms with Gasteiger partial charge in [-0.1, -0.05) is 0 Å². The Balaban J connectivity index is 1.87. The standard InChI is InChI=1S/C15H13N3O4S/c1-21-11-3-4-12-13(8-11)16-7-6-14(12)22-15-5-2-10(9-17-15)18-23(19)20/h2-9,18H,1H3,(H,19,20). The molecule has 7 nitrogen and oxygen atoms in total. The van der Waals surface area contributed by atoms with Crippen LogP contribution in [0.15, 0.2) is 48.8 Å². The third-order valence-electron chi connectivity index (χ3n) is 3.07. The van der Waals surface area contributed by atoms with Gasteiger partial charge < -0.3 is 9.47 Å². The normalized spacial score (nSPS) is 11.9. The Morgan fingerprint density at radius 3 is 2.74 bits per heavy atom. The lowest BCUT2D eigenvalue weighted by Crippen LogP contribution is -2.02. The van der Waals surface area contributed by atoms with E-state index in [1.165, 1.54) is 6.20 Å². The summed E-state index contributed by atoms with van der Waals surface area (Å²) >= 11 is -2.13. The molecule has 3 rings (SSSR count). The molecule has 0 aliphatic carbocycles. The highest BCUT2D eigenvalue weighted by molar-refractivity contribution is 7.80. The van der Waals surface area contributed by atoms with Crippen LogP contribution in [0.3, 0.4) is 0 Å². The van der Waals surface area contributed by atoms with E-state index >= 15 is 0 Å². The zero-order chi connectivity index (χ0) is 16.2. The van der Waals surface area contributed by atoms with E-state index in [9.17, 15) is 4.21 Å². The Kier molecular flexibility index (Phi) is 4.35. The van der Waals surface area contributed by atoms with Crippen molar-refractivity contribution in [2.45, 2.75) is 0 Å². The Morgan fingerprint density at radius 1 is 1.17 bits per heavy atom. The summed E-state index contributed by atoms with van der Waals surface area (Å²) in [5.74, 6) is 1.69. The van der Waals surface area contributed by atoms with Crippen LogP contribution in [0, 0.1) is 0 Å². The molecule has 0 aliphatic rings. The van der Waals surface area contributed by atoms with E-state index < -0.39 is 11.3 Å². The van der Waals surface area contributed by atoms with E-state index in [1.807, 2.05) is 18.2 Å². The molecule has 3 aromatic rings. The maximum absolute atomic E-state index is 10.7. The summed E-state index contributed by atoms with van der Waals surface area (Å²) < 4.78 is 32.7. The molecule has 1 unspecified atom stereocenters. The molecule has 0 bridgehead atoms. The van der Waals surface area contributed by atoms with Crippen molar-refractivity contribution in [1.29, 1.82) is 0 Å². The number of hydrogen-bond donors (Lipinski definition) is 2. The van der Waals surface area contributed by atoms with Crippen LogP contribution in [0.5, 0.6) is 17.4 Å². The van der Waals surface area contributed by atoms with Gasteiger partial charge in [-0.25, -0.2) is 9.19 Å². The number of methoxy groups -OCH3 is 1. The van der Waals surface area contributed by atoms with Crippen LogP contribution in [-0.4, -0.2) is 25.8 Å². The molecule has 0 aliphatic heterocycles. The molecule has 1 atom stereocenters. The van der Waals surface area contributed by atoms with Gasteiger partial charge in [0.1, 0.15) is 11.5 Å². The van der Waals surface area contributed by atoms with Crippen LogP contribution in [-0.2, 0) is 11.3 Å². The number of aromatic nitrogens is 2. The Labute approximate surface area is 134 Å². The number of fused-ring (bicyclic) bond motifs is 1. The van der Waals surface area contributed by atoms with Crippen molar-refractivity contribution in [2.24, 2.45) is 0 Å². The molecule has 8 heteroatoms. The van der Waals surface area contributed by atoms with E-state index in [0.717, 1.165) is 10.9 Å². The predicted octanol–water partition coefficient (Wildman–Crippen LogP) is 2.98. The molecule has 0 saturated heterocycles. The van der Waals surface area contributed by atoms with Crippen molar-refractivity contribution in [1.82, 2.24) is 9.97 Å². The fourth-order valence-corrected chi connectivity index (χ4v) is 2.35. The minimum absolute atomic E-state index is 0.364. The van der Waals surface area contributed by atoms with Crippen LogP contribution in [0.25, 0.3) is 10.9 Å². The highest BCUT2D eigenvalue weighted by atomic mass is 32.2. The van der Waals surface area contributed by atoms with Gasteiger partial charge in [0, 0.05) is 23.7 Å². The first kappa shape index (κ1) is 15.2. The van der Waals surface area contributed by atoms with Gasteiger partial charge in [0.05, 0.1) is 24.5 Å². The van der Waals surface area contributed by atoms with Gasteiger partial charge in [0.25, 0.3) is 11.3 Å². The molecule has 2 N–H and O–H groups in total. The largest absolute Gasteiger partial charge is 0.497 e. The maximum atomic E-state index is 10.7. The summed E-state index contributed by atoms with van der Waals surface area (Å²) in [6.45, 7) is 0. The minimum atomic E-state index is -2.13. The molecule has 0 saturated carbocycles. The van der Waals surface area contributed by atoms with E-state index in [1.54, 1.807) is 31.5 Å². The molecule has 118 valence electrons. The zero-order valence-electron chi connectivity index (χ0n) is 12.1. The van der Waals surface area contributed by atoms with Crippen LogP contribution < -0.4 is 14.2 Å². The second kappa shape index (κ2) is 6.59. The van der Waals surface area contributed by atoms with Crippen molar-refractivity contribution in [3.05, 3.63) is 48.8 Å². The molecule has 0 radical (unpaired) electrons. The SMILES string of the molecule is COc1ccc2c(Oc3ccc(NS(=O)O)cn3)ccnc2c1. The fraction of sp³-hybridized carbons (Fsp3) is 0.0667. The predicted molar refractivity (Wildman–Crippen MR) is 87.0 cm³/mol. The van der Waals surface area contributed by atoms with Gasteiger partial charge in [-0.15, -0.1) is 0 Å². The van der Waals surface area contributed by atoms with E-state index in [4.69, 9.17) is 14.0 Å². The van der Waals surface area contributed by atoms with Crippen LogP contribution >= 0.6 is 0 Å². The lowest BCUT2D eigenvalue weighted by molar-refractivity contribution is 0.415. The van der Waals surface area contributed by atoms with Crippen LogP contribution in [0.1, 0.15) is 0 Å². The molecule has 2 aromatic heterocycles. The monoisotopic (exact) mass is 331 g/mol. The number of anilines is 1. The average Bonchev–Trinajstić information content (AvgIpc) is 2.56. The molecular weight excluding hydrogens is 318 g/mol. The Hall–Kier alpha value is -2.71. The van der Waals surface area contributed by atoms with Crippen LogP contribution in [0.4, 0.5) is 5.69 Å². The maximum Gasteiger partial charge on any atom is 0.259 e. The molecule has 23 heavy (non-hydrogen) atoms. The lowest BCUT2D eigenvalue weighted by atomic mass is 10.2. The summed E-state index contributed by atoms with van der Waals surface area (Å²) in [4.78, 5) is 8.38. The molecular formula is C15H13N3O4S. The lowest BCUT2D eigenvalue weighted by Gasteiger charge is -2.09. The van der Waals surface area contributed by atoms with E-state index in [2.05, 4.69) is 14.7 Å². The molecule has 0 fully saturated rings. The van der Waals surface area contributed by atoms with Crippen molar-refractivity contribution in [3.8, 4) is 17.4 Å². The van der Waals surface area contributed by atoms with E-state index in [0.29, 0.717) is 23.1 Å². The minimum Gasteiger partial charge on any atom is -0.497 e. The number of rotatable bonds is 5. The summed E-state index contributed by atoms with van der Waals surface area (Å²) in [6.07, 6.45) is 3.05. The summed E-state index contributed by atoms with van der Waals surface area (Å²) in [6, 6.07) is 10.5. The molecule has 0 amide bonds. The highest BCUT2D eigenvalue weighted by Gasteiger charge is 2.07. The van der Waals surface area contributed by atoms with Crippen LogP contribution in [0.2, 0.25) is 0 Å². The molecule has 0 spiro atoms. The third kappa shape index (κ3) is 3.55. The highest BCUT2D eigenvalue weighted by Crippen LogP contribution is 2.30. The first-order chi connectivity index (χ1) is 11.2. The second-order valence-corrected chi connectivity index (χ2v) is 5.23. The quantitative estimate of drug-likeness (QED) is 0.698. The fourth-order valence-electron chi connectivity index (χ4n) is 2.03. The van der Waals surface area contributed by atoms with Gasteiger partial charge in [-0.3, -0.25) is 14.3 Å². The zero-order valence-corrected chi connectivity index (χ0v) is 12.9. The number of ether oxygens (including phenoxy) is 2. The van der Waals surface area contributed by atoms with Gasteiger partial charge >= 0.3 is 0 Å². The van der Waals surface area contributed by atoms with Gasteiger partial charge in [0.2, 0.25) is 5.88 Å². The van der Waals surface area contributed by atoms with Gasteiger partial charge in [-0.2, -0.15) is 0 Å². The molecule has 1 aromatic carbocycles.